The molecule has 0 unspecified atom stereocenters. The Balaban J connectivity index is 2.58. The summed E-state index contributed by atoms with van der Waals surface area (Å²) in [4.78, 5) is 19.0. The highest BCUT2D eigenvalue weighted by molar-refractivity contribution is 14.1. The number of hydrogen-bond acceptors (Lipinski definition) is 4. The zero-order valence-electron chi connectivity index (χ0n) is 16.9. The molecule has 0 spiro atoms. The van der Waals surface area contributed by atoms with Crippen LogP contribution in [0.15, 0.2) is 0 Å². The van der Waals surface area contributed by atoms with Crippen LogP contribution >= 0.6 is 22.6 Å². The minimum Gasteiger partial charge on any atom is -0.479 e. The molecule has 26 heavy (non-hydrogen) atoms. The molecule has 1 fully saturated rings. The number of piperidine rings is 1. The topological polar surface area (TPSA) is 62.7 Å². The summed E-state index contributed by atoms with van der Waals surface area (Å²) in [7, 11) is 0. The van der Waals surface area contributed by atoms with Crippen molar-refractivity contribution in [3.63, 3.8) is 0 Å². The second-order valence-corrected chi connectivity index (χ2v) is 10.0. The first-order valence-corrected chi connectivity index (χ1v) is 10.2. The first kappa shape index (κ1) is 21.4. The van der Waals surface area contributed by atoms with Crippen molar-refractivity contribution in [3.05, 3.63) is 20.5 Å². The van der Waals surface area contributed by atoms with E-state index in [9.17, 15) is 9.90 Å². The molecule has 1 N–H and O–H groups in total. The van der Waals surface area contributed by atoms with Crippen LogP contribution in [0, 0.1) is 22.8 Å². The van der Waals surface area contributed by atoms with Crippen molar-refractivity contribution in [3.8, 4) is 0 Å². The van der Waals surface area contributed by atoms with Crippen LogP contribution in [-0.2, 0) is 9.53 Å². The van der Waals surface area contributed by atoms with Gasteiger partial charge in [0.2, 0.25) is 0 Å². The number of aromatic nitrogens is 1. The molecule has 2 rings (SSSR count). The van der Waals surface area contributed by atoms with Gasteiger partial charge in [0, 0.05) is 24.3 Å². The van der Waals surface area contributed by atoms with Crippen LogP contribution in [0.1, 0.15) is 70.5 Å². The number of carboxylic acid groups (broad SMARTS) is 1. The maximum absolute atomic E-state index is 12.1. The highest BCUT2D eigenvalue weighted by Crippen LogP contribution is 2.41. The monoisotopic (exact) mass is 474 g/mol. The van der Waals surface area contributed by atoms with Gasteiger partial charge in [-0.1, -0.05) is 13.8 Å². The average molecular weight is 474 g/mol. The van der Waals surface area contributed by atoms with Gasteiger partial charge in [-0.15, -0.1) is 0 Å². The number of carbonyl (C=O) groups is 1. The van der Waals surface area contributed by atoms with Crippen molar-refractivity contribution < 1.29 is 14.6 Å². The van der Waals surface area contributed by atoms with Gasteiger partial charge in [-0.2, -0.15) is 0 Å². The van der Waals surface area contributed by atoms with Crippen molar-refractivity contribution in [1.29, 1.82) is 0 Å². The van der Waals surface area contributed by atoms with Crippen LogP contribution in [0.2, 0.25) is 0 Å². The number of nitrogens with zero attached hydrogens (tertiary/aromatic N) is 2. The Kier molecular flexibility index (Phi) is 6.27. The van der Waals surface area contributed by atoms with Crippen molar-refractivity contribution in [2.24, 2.45) is 5.41 Å². The molecule has 5 nitrogen and oxygen atoms in total. The molecule has 1 aromatic rings. The summed E-state index contributed by atoms with van der Waals surface area (Å²) in [6.45, 7) is 15.9. The molecule has 1 aromatic heterocycles. The maximum atomic E-state index is 12.1. The van der Waals surface area contributed by atoms with Crippen LogP contribution in [0.25, 0.3) is 0 Å². The Bertz CT molecular complexity index is 685. The number of aliphatic carboxylic acids is 1. The number of aryl methyl sites for hydroxylation is 2. The van der Waals surface area contributed by atoms with E-state index in [-0.39, 0.29) is 0 Å². The molecule has 1 saturated heterocycles. The van der Waals surface area contributed by atoms with Crippen molar-refractivity contribution in [2.75, 3.05) is 18.0 Å². The van der Waals surface area contributed by atoms with Crippen molar-refractivity contribution >= 4 is 34.2 Å². The van der Waals surface area contributed by atoms with E-state index in [2.05, 4.69) is 46.3 Å². The lowest BCUT2D eigenvalue weighted by molar-refractivity contribution is -0.160. The van der Waals surface area contributed by atoms with Crippen LogP contribution in [-0.4, -0.2) is 34.8 Å². The van der Waals surface area contributed by atoms with Gasteiger partial charge in [0.15, 0.2) is 6.10 Å². The number of anilines is 1. The Hall–Kier alpha value is -0.890. The zero-order chi connectivity index (χ0) is 19.9. The molecule has 0 radical (unpaired) electrons. The number of halogens is 1. The SMILES string of the molecule is Cc1nc(C)c([C@H](OC(C)(C)C)C(=O)O)c(N2CCC(C)(C)CC2)c1I. The van der Waals surface area contributed by atoms with Crippen LogP contribution in [0.3, 0.4) is 0 Å². The third-order valence-corrected chi connectivity index (χ3v) is 6.19. The summed E-state index contributed by atoms with van der Waals surface area (Å²) < 4.78 is 6.98. The highest BCUT2D eigenvalue weighted by atomic mass is 127. The first-order chi connectivity index (χ1) is 11.8. The van der Waals surface area contributed by atoms with E-state index in [1.54, 1.807) is 0 Å². The summed E-state index contributed by atoms with van der Waals surface area (Å²) in [5.74, 6) is -0.969. The van der Waals surface area contributed by atoms with E-state index >= 15 is 0 Å². The van der Waals surface area contributed by atoms with E-state index in [1.165, 1.54) is 0 Å². The Labute approximate surface area is 170 Å². The lowest BCUT2D eigenvalue weighted by atomic mass is 9.82. The van der Waals surface area contributed by atoms with E-state index < -0.39 is 17.7 Å². The van der Waals surface area contributed by atoms with E-state index in [4.69, 9.17) is 4.74 Å². The Morgan fingerprint density at radius 2 is 1.77 bits per heavy atom. The summed E-state index contributed by atoms with van der Waals surface area (Å²) in [5, 5.41) is 9.91. The fraction of sp³-hybridized carbons (Fsp3) is 0.700. The number of hydrogen-bond donors (Lipinski definition) is 1. The molecule has 0 aliphatic carbocycles. The van der Waals surface area contributed by atoms with Crippen molar-refractivity contribution in [2.45, 2.75) is 73.0 Å². The standard InChI is InChI=1S/C20H31IN2O3/c1-12-14(17(18(24)25)26-19(3,4)5)16(15(21)13(2)22-12)23-10-8-20(6,7)9-11-23/h17H,8-11H2,1-7H3,(H,24,25)/t17-/m0/s1. The first-order valence-electron chi connectivity index (χ1n) is 9.14. The minimum atomic E-state index is -1.03. The lowest BCUT2D eigenvalue weighted by Crippen LogP contribution is -2.39. The zero-order valence-corrected chi connectivity index (χ0v) is 19.1. The van der Waals surface area contributed by atoms with Crippen LogP contribution in [0.4, 0.5) is 5.69 Å². The molecule has 6 heteroatoms. The number of carboxylic acids is 1. The smallest absolute Gasteiger partial charge is 0.337 e. The fourth-order valence-corrected chi connectivity index (χ4v) is 4.12. The normalized spacial score (nSPS) is 18.7. The molecule has 1 atom stereocenters. The maximum Gasteiger partial charge on any atom is 0.337 e. The summed E-state index contributed by atoms with van der Waals surface area (Å²) in [6.07, 6.45) is 1.14. The minimum absolute atomic E-state index is 0.327. The molecular weight excluding hydrogens is 443 g/mol. The Morgan fingerprint density at radius 3 is 2.23 bits per heavy atom. The summed E-state index contributed by atoms with van der Waals surface area (Å²) in [5.41, 5.74) is 3.12. The molecular formula is C20H31IN2O3. The fourth-order valence-electron chi connectivity index (χ4n) is 3.37. The predicted octanol–water partition coefficient (Wildman–Crippen LogP) is 4.87. The molecule has 2 heterocycles. The van der Waals surface area contributed by atoms with E-state index in [0.717, 1.165) is 46.6 Å². The summed E-state index contributed by atoms with van der Waals surface area (Å²) >= 11 is 2.30. The van der Waals surface area contributed by atoms with Gasteiger partial charge in [-0.3, -0.25) is 4.98 Å². The predicted molar refractivity (Wildman–Crippen MR) is 113 cm³/mol. The summed E-state index contributed by atoms with van der Waals surface area (Å²) in [6, 6.07) is 0. The molecule has 0 amide bonds. The molecule has 0 saturated carbocycles. The number of ether oxygens (including phenoxy) is 1. The van der Waals surface area contributed by atoms with E-state index in [1.807, 2.05) is 34.6 Å². The molecule has 0 bridgehead atoms. The van der Waals surface area contributed by atoms with Gasteiger partial charge in [-0.25, -0.2) is 4.79 Å². The van der Waals surface area contributed by atoms with Gasteiger partial charge in [0.25, 0.3) is 0 Å². The van der Waals surface area contributed by atoms with Gasteiger partial charge in [0.1, 0.15) is 0 Å². The third-order valence-electron chi connectivity index (χ3n) is 4.90. The van der Waals surface area contributed by atoms with Crippen LogP contribution in [0.5, 0.6) is 0 Å². The molecule has 0 aromatic carbocycles. The van der Waals surface area contributed by atoms with Gasteiger partial charge in [-0.05, 0) is 75.5 Å². The van der Waals surface area contributed by atoms with E-state index in [0.29, 0.717) is 11.0 Å². The van der Waals surface area contributed by atoms with Crippen molar-refractivity contribution in [1.82, 2.24) is 4.98 Å². The second-order valence-electron chi connectivity index (χ2n) is 8.96. The molecule has 1 aliphatic heterocycles. The number of rotatable bonds is 4. The highest BCUT2D eigenvalue weighted by Gasteiger charge is 2.35. The second kappa shape index (κ2) is 7.62. The largest absolute Gasteiger partial charge is 0.479 e. The van der Waals surface area contributed by atoms with Gasteiger partial charge < -0.3 is 14.7 Å². The Morgan fingerprint density at radius 1 is 1.23 bits per heavy atom. The third kappa shape index (κ3) is 4.88. The molecule has 1 aliphatic rings. The average Bonchev–Trinajstić information content (AvgIpc) is 2.48. The van der Waals surface area contributed by atoms with Gasteiger partial charge in [0.05, 0.1) is 20.6 Å². The molecule has 146 valence electrons. The lowest BCUT2D eigenvalue weighted by Gasteiger charge is -2.40. The van der Waals surface area contributed by atoms with Crippen LogP contribution < -0.4 is 4.90 Å². The quantitative estimate of drug-likeness (QED) is 0.631. The van der Waals surface area contributed by atoms with Gasteiger partial charge >= 0.3 is 5.97 Å². The number of pyridine rings is 1.